The van der Waals surface area contributed by atoms with Crippen molar-refractivity contribution in [2.24, 2.45) is 7.05 Å². The van der Waals surface area contributed by atoms with E-state index in [1.54, 1.807) is 6.26 Å². The van der Waals surface area contributed by atoms with E-state index in [9.17, 15) is 4.21 Å². The van der Waals surface area contributed by atoms with Crippen LogP contribution in [0.1, 0.15) is 26.0 Å². The van der Waals surface area contributed by atoms with Gasteiger partial charge in [0.1, 0.15) is 5.52 Å². The number of aryl methyl sites for hydroxylation is 3. The molecule has 7 heteroatoms. The van der Waals surface area contributed by atoms with Crippen molar-refractivity contribution < 1.29 is 4.21 Å². The molecule has 19 heavy (non-hydrogen) atoms. The fourth-order valence-corrected chi connectivity index (χ4v) is 2.93. The van der Waals surface area contributed by atoms with Crippen LogP contribution in [0.2, 0.25) is 0 Å². The molecule has 0 saturated heterocycles. The Balaban J connectivity index is 2.38. The van der Waals surface area contributed by atoms with Gasteiger partial charge in [-0.15, -0.1) is 0 Å². The summed E-state index contributed by atoms with van der Waals surface area (Å²) in [7, 11) is 1.14. The highest BCUT2D eigenvalue weighted by Crippen LogP contribution is 2.19. The minimum atomic E-state index is -0.794. The molecule has 2 rings (SSSR count). The SMILES string of the molecule is CCc1nn(C)c2c1[nH]c(=S)n2CCC(C)S(C)=O. The van der Waals surface area contributed by atoms with E-state index in [1.807, 2.05) is 18.7 Å². The fourth-order valence-electron chi connectivity index (χ4n) is 2.21. The zero-order valence-electron chi connectivity index (χ0n) is 11.8. The molecular formula is C12H20N4OS2. The van der Waals surface area contributed by atoms with Gasteiger partial charge in [0, 0.05) is 35.9 Å². The van der Waals surface area contributed by atoms with E-state index in [0.717, 1.165) is 36.2 Å². The third-order valence-electron chi connectivity index (χ3n) is 3.48. The highest BCUT2D eigenvalue weighted by molar-refractivity contribution is 7.84. The van der Waals surface area contributed by atoms with Crippen LogP contribution >= 0.6 is 12.2 Å². The molecule has 0 aliphatic heterocycles. The number of nitrogens with zero attached hydrogens (tertiary/aromatic N) is 3. The normalized spacial score (nSPS) is 14.9. The molecule has 0 bridgehead atoms. The molecule has 0 fully saturated rings. The van der Waals surface area contributed by atoms with Gasteiger partial charge >= 0.3 is 0 Å². The Labute approximate surface area is 120 Å². The van der Waals surface area contributed by atoms with Gasteiger partial charge in [0.2, 0.25) is 0 Å². The summed E-state index contributed by atoms with van der Waals surface area (Å²) in [5, 5.41) is 4.66. The largest absolute Gasteiger partial charge is 0.328 e. The van der Waals surface area contributed by atoms with Gasteiger partial charge in [-0.1, -0.05) is 13.8 Å². The number of hydrogen-bond donors (Lipinski definition) is 1. The lowest BCUT2D eigenvalue weighted by molar-refractivity contribution is 0.609. The minimum absolute atomic E-state index is 0.172. The minimum Gasteiger partial charge on any atom is -0.328 e. The van der Waals surface area contributed by atoms with Crippen molar-refractivity contribution >= 4 is 34.2 Å². The van der Waals surface area contributed by atoms with Gasteiger partial charge in [-0.25, -0.2) is 0 Å². The van der Waals surface area contributed by atoms with Gasteiger partial charge in [0.25, 0.3) is 0 Å². The van der Waals surface area contributed by atoms with Gasteiger partial charge in [-0.3, -0.25) is 8.89 Å². The molecule has 5 nitrogen and oxygen atoms in total. The van der Waals surface area contributed by atoms with Crippen molar-refractivity contribution in [1.29, 1.82) is 0 Å². The molecule has 2 atom stereocenters. The molecule has 0 radical (unpaired) electrons. The average Bonchev–Trinajstić information content (AvgIpc) is 2.84. The molecule has 2 aromatic rings. The first-order valence-corrected chi connectivity index (χ1v) is 8.45. The maximum atomic E-state index is 11.4. The third kappa shape index (κ3) is 2.67. The van der Waals surface area contributed by atoms with Gasteiger partial charge < -0.3 is 9.55 Å². The van der Waals surface area contributed by atoms with Gasteiger partial charge in [-0.05, 0) is 25.1 Å². The summed E-state index contributed by atoms with van der Waals surface area (Å²) in [6.45, 7) is 4.85. The number of aromatic nitrogens is 4. The van der Waals surface area contributed by atoms with Crippen LogP contribution < -0.4 is 0 Å². The molecule has 2 aromatic heterocycles. The monoisotopic (exact) mass is 300 g/mol. The summed E-state index contributed by atoms with van der Waals surface area (Å²) in [6.07, 6.45) is 3.47. The van der Waals surface area contributed by atoms with E-state index in [1.165, 1.54) is 0 Å². The molecule has 0 aromatic carbocycles. The van der Waals surface area contributed by atoms with Crippen LogP contribution in [-0.2, 0) is 30.8 Å². The van der Waals surface area contributed by atoms with Crippen LogP contribution in [0.4, 0.5) is 0 Å². The zero-order valence-corrected chi connectivity index (χ0v) is 13.4. The first-order valence-electron chi connectivity index (χ1n) is 6.42. The zero-order chi connectivity index (χ0) is 14.2. The van der Waals surface area contributed by atoms with Crippen LogP contribution in [0.5, 0.6) is 0 Å². The summed E-state index contributed by atoms with van der Waals surface area (Å²) >= 11 is 5.38. The second kappa shape index (κ2) is 5.58. The van der Waals surface area contributed by atoms with E-state index in [-0.39, 0.29) is 5.25 Å². The van der Waals surface area contributed by atoms with E-state index in [2.05, 4.69) is 21.6 Å². The molecular weight excluding hydrogens is 280 g/mol. The molecule has 0 spiro atoms. The Morgan fingerprint density at radius 2 is 2.21 bits per heavy atom. The molecule has 0 amide bonds. The molecule has 0 saturated carbocycles. The van der Waals surface area contributed by atoms with E-state index < -0.39 is 10.8 Å². The smallest absolute Gasteiger partial charge is 0.179 e. The lowest BCUT2D eigenvalue weighted by atomic mass is 10.3. The lowest BCUT2D eigenvalue weighted by Crippen LogP contribution is -2.13. The standard InChI is InChI=1S/C12H20N4OS2/c1-5-9-10-11(15(3)14-9)16(12(18)13-10)7-6-8(2)19(4)17/h8H,5-7H2,1-4H3,(H,13,18). The fraction of sp³-hybridized carbons (Fsp3) is 0.667. The van der Waals surface area contributed by atoms with Crippen molar-refractivity contribution in [2.75, 3.05) is 6.26 Å². The predicted octanol–water partition coefficient (Wildman–Crippen LogP) is 2.15. The predicted molar refractivity (Wildman–Crippen MR) is 81.4 cm³/mol. The van der Waals surface area contributed by atoms with Crippen molar-refractivity contribution in [2.45, 2.75) is 38.5 Å². The molecule has 0 aliphatic rings. The van der Waals surface area contributed by atoms with E-state index >= 15 is 0 Å². The number of H-pyrrole nitrogens is 1. The Bertz CT molecular complexity index is 667. The van der Waals surface area contributed by atoms with Crippen molar-refractivity contribution in [3.05, 3.63) is 10.5 Å². The number of aromatic amines is 1. The van der Waals surface area contributed by atoms with Crippen LogP contribution in [0, 0.1) is 4.77 Å². The summed E-state index contributed by atoms with van der Waals surface area (Å²) in [5.74, 6) is 0. The molecule has 2 unspecified atom stereocenters. The van der Waals surface area contributed by atoms with Crippen molar-refractivity contribution in [1.82, 2.24) is 19.3 Å². The topological polar surface area (TPSA) is 55.6 Å². The third-order valence-corrected chi connectivity index (χ3v) is 5.17. The van der Waals surface area contributed by atoms with E-state index in [4.69, 9.17) is 12.2 Å². The highest BCUT2D eigenvalue weighted by atomic mass is 32.2. The van der Waals surface area contributed by atoms with Crippen LogP contribution in [0.3, 0.4) is 0 Å². The van der Waals surface area contributed by atoms with Crippen LogP contribution in [0.25, 0.3) is 11.2 Å². The summed E-state index contributed by atoms with van der Waals surface area (Å²) in [5.41, 5.74) is 3.09. The summed E-state index contributed by atoms with van der Waals surface area (Å²) in [6, 6.07) is 0. The number of hydrogen-bond acceptors (Lipinski definition) is 3. The Morgan fingerprint density at radius 3 is 2.79 bits per heavy atom. The Morgan fingerprint density at radius 1 is 1.53 bits per heavy atom. The Kier molecular flexibility index (Phi) is 4.25. The molecule has 106 valence electrons. The second-order valence-corrected chi connectivity index (χ2v) is 6.99. The van der Waals surface area contributed by atoms with Crippen LogP contribution in [0.15, 0.2) is 0 Å². The van der Waals surface area contributed by atoms with Crippen molar-refractivity contribution in [3.63, 3.8) is 0 Å². The summed E-state index contributed by atoms with van der Waals surface area (Å²) in [4.78, 5) is 3.24. The first kappa shape index (κ1) is 14.5. The van der Waals surface area contributed by atoms with Gasteiger partial charge in [0.15, 0.2) is 10.4 Å². The number of rotatable bonds is 5. The maximum Gasteiger partial charge on any atom is 0.179 e. The molecule has 0 aliphatic carbocycles. The molecule has 1 N–H and O–H groups in total. The number of imidazole rings is 1. The maximum absolute atomic E-state index is 11.4. The average molecular weight is 300 g/mol. The van der Waals surface area contributed by atoms with Crippen molar-refractivity contribution in [3.8, 4) is 0 Å². The van der Waals surface area contributed by atoms with E-state index in [0.29, 0.717) is 4.77 Å². The number of fused-ring (bicyclic) bond motifs is 1. The van der Waals surface area contributed by atoms with Gasteiger partial charge in [0.05, 0.1) is 5.69 Å². The van der Waals surface area contributed by atoms with Gasteiger partial charge in [-0.2, -0.15) is 5.10 Å². The quantitative estimate of drug-likeness (QED) is 0.861. The number of nitrogens with one attached hydrogen (secondary N) is 1. The lowest BCUT2D eigenvalue weighted by Gasteiger charge is -2.09. The highest BCUT2D eigenvalue weighted by Gasteiger charge is 2.15. The Hall–Kier alpha value is -0.950. The summed E-state index contributed by atoms with van der Waals surface area (Å²) < 4.78 is 16.1. The molecule has 2 heterocycles. The second-order valence-electron chi connectivity index (χ2n) is 4.80. The first-order chi connectivity index (χ1) is 8.95. The van der Waals surface area contributed by atoms with Crippen LogP contribution in [-0.4, -0.2) is 35.0 Å².